The lowest BCUT2D eigenvalue weighted by atomic mass is 9.79. The van der Waals surface area contributed by atoms with Gasteiger partial charge in [-0.3, -0.25) is 19.3 Å². The summed E-state index contributed by atoms with van der Waals surface area (Å²) in [5.74, 6) is 0.218. The largest absolute Gasteiger partial charge is 0.415 e. The summed E-state index contributed by atoms with van der Waals surface area (Å²) in [6.07, 6.45) is 33.1. The lowest BCUT2D eigenvalue weighted by Crippen LogP contribution is -2.49. The van der Waals surface area contributed by atoms with Crippen molar-refractivity contribution in [3.63, 3.8) is 0 Å². The minimum absolute atomic E-state index is 0.00895. The fraction of sp³-hybridized carbons (Fsp3) is 0.379. The molecule has 7 rings (SSSR count). The van der Waals surface area contributed by atoms with Crippen molar-refractivity contribution in [3.8, 4) is 17.0 Å². The van der Waals surface area contributed by atoms with E-state index in [9.17, 15) is 24.3 Å². The lowest BCUT2D eigenvalue weighted by molar-refractivity contribution is -0.137. The van der Waals surface area contributed by atoms with Crippen molar-refractivity contribution < 1.29 is 24.2 Å². The molecule has 2 amide bonds. The van der Waals surface area contributed by atoms with Crippen molar-refractivity contribution in [1.82, 2.24) is 19.3 Å². The standard InChI is InChI=1S/C58H69N5O6/c1-5-6-7-8-9-10-11-12-13-14-15-16-17-18-19-20-21-22-23-24-55(65)59-46-28-25-43(26-29-46)40-61-33-35-62(36-34-61)57(67)69-53-31-27-44-37-49-45(38-48(44)50(53)42-60(3)4)41-63-52(49)39-51-47(56(63)66)30-32-54(64)58(51,2)68/h6-7,9-10,12-13,15-16,18-19,21-22,25-29,31,37-39,68H,5,8,11,14,17,20,23-24,30,32-36,40-42H2,1-4H3,(H,59,65)/b7-6-,10-9-,13-12-,16-15-,19-18-,22-21-/t58-/m0/s1. The molecule has 0 saturated carbocycles. The number of nitrogens with one attached hydrogen (secondary N) is 1. The Labute approximate surface area is 407 Å². The number of allylic oxidation sites excluding steroid dienone is 12. The zero-order valence-electron chi connectivity index (χ0n) is 40.9. The first-order chi connectivity index (χ1) is 33.4. The third-order valence-corrected chi connectivity index (χ3v) is 13.1. The number of hydrogen-bond acceptors (Lipinski definition) is 8. The maximum Gasteiger partial charge on any atom is 0.415 e. The number of hydrogen-bond donors (Lipinski definition) is 2. The van der Waals surface area contributed by atoms with Crippen molar-refractivity contribution in [1.29, 1.82) is 0 Å². The van der Waals surface area contributed by atoms with E-state index in [1.165, 1.54) is 6.92 Å². The highest BCUT2D eigenvalue weighted by molar-refractivity contribution is 5.95. The number of piperazine rings is 1. The quantitative estimate of drug-likeness (QED) is 0.0740. The second-order valence-corrected chi connectivity index (χ2v) is 18.6. The van der Waals surface area contributed by atoms with Gasteiger partial charge in [-0.2, -0.15) is 0 Å². The minimum Gasteiger partial charge on any atom is -0.410 e. The van der Waals surface area contributed by atoms with Crippen LogP contribution < -0.4 is 15.6 Å². The van der Waals surface area contributed by atoms with Gasteiger partial charge in [-0.25, -0.2) is 4.79 Å². The number of carbonyl (C=O) groups is 3. The maximum absolute atomic E-state index is 13.7. The van der Waals surface area contributed by atoms with Gasteiger partial charge < -0.3 is 29.5 Å². The van der Waals surface area contributed by atoms with Crippen LogP contribution in [0.3, 0.4) is 0 Å². The Morgan fingerprint density at radius 1 is 0.783 bits per heavy atom. The van der Waals surface area contributed by atoms with Crippen LogP contribution >= 0.6 is 0 Å². The van der Waals surface area contributed by atoms with E-state index in [0.29, 0.717) is 81.1 Å². The lowest BCUT2D eigenvalue weighted by Gasteiger charge is -2.34. The Morgan fingerprint density at radius 3 is 2.03 bits per heavy atom. The van der Waals surface area contributed by atoms with Gasteiger partial charge in [0.05, 0.1) is 12.2 Å². The average Bonchev–Trinajstić information content (AvgIpc) is 3.69. The highest BCUT2D eigenvalue weighted by Gasteiger charge is 2.40. The fourth-order valence-corrected chi connectivity index (χ4v) is 9.23. The molecule has 1 fully saturated rings. The molecule has 4 aromatic rings. The molecule has 3 aliphatic rings. The van der Waals surface area contributed by atoms with E-state index in [1.807, 2.05) is 61.5 Å². The van der Waals surface area contributed by atoms with Crippen molar-refractivity contribution >= 4 is 34.2 Å². The van der Waals surface area contributed by atoms with Gasteiger partial charge in [-0.05, 0) is 131 Å². The number of ketones is 1. The van der Waals surface area contributed by atoms with Crippen molar-refractivity contribution in [2.24, 2.45) is 0 Å². The van der Waals surface area contributed by atoms with E-state index in [-0.39, 0.29) is 29.8 Å². The van der Waals surface area contributed by atoms with Crippen LogP contribution in [0.5, 0.6) is 5.75 Å². The summed E-state index contributed by atoms with van der Waals surface area (Å²) in [6.45, 7) is 7.74. The smallest absolute Gasteiger partial charge is 0.410 e. The van der Waals surface area contributed by atoms with E-state index in [4.69, 9.17) is 4.74 Å². The SMILES string of the molecule is CC/C=C\C/C=C\C/C=C\C/C=C\C/C=C\C/C=C\CCC(=O)Nc1ccc(CN2CCN(C(=O)Oc3ccc4cc5c(cc4c3CN(C)C)Cn3c-5cc4c(c3=O)CCC(=O)[C@@]4(C)O)CC2)cc1. The number of aromatic nitrogens is 1. The maximum atomic E-state index is 13.7. The Morgan fingerprint density at radius 2 is 1.41 bits per heavy atom. The predicted octanol–water partition coefficient (Wildman–Crippen LogP) is 10.5. The number of benzene rings is 3. The number of ether oxygens (including phenoxy) is 1. The molecule has 11 nitrogen and oxygen atoms in total. The number of aliphatic hydroxyl groups is 1. The Balaban J connectivity index is 0.832. The number of nitrogens with zero attached hydrogens (tertiary/aromatic N) is 4. The summed E-state index contributed by atoms with van der Waals surface area (Å²) in [4.78, 5) is 58.7. The molecule has 0 radical (unpaired) electrons. The third kappa shape index (κ3) is 13.2. The molecular weight excluding hydrogens is 863 g/mol. The minimum atomic E-state index is -1.70. The molecule has 362 valence electrons. The van der Waals surface area contributed by atoms with Gasteiger partial charge >= 0.3 is 6.09 Å². The highest BCUT2D eigenvalue weighted by atomic mass is 16.6. The van der Waals surface area contributed by atoms with Gasteiger partial charge in [0.1, 0.15) is 11.4 Å². The molecule has 3 aromatic carbocycles. The third-order valence-electron chi connectivity index (χ3n) is 13.1. The number of pyridine rings is 1. The predicted molar refractivity (Wildman–Crippen MR) is 278 cm³/mol. The number of rotatable bonds is 20. The molecule has 1 atom stereocenters. The van der Waals surface area contributed by atoms with Crippen molar-refractivity contribution in [2.75, 3.05) is 45.6 Å². The molecule has 0 spiro atoms. The summed E-state index contributed by atoms with van der Waals surface area (Å²) in [7, 11) is 3.95. The zero-order valence-corrected chi connectivity index (χ0v) is 40.9. The topological polar surface area (TPSA) is 124 Å². The first-order valence-corrected chi connectivity index (χ1v) is 24.7. The van der Waals surface area contributed by atoms with Crippen LogP contribution in [0.15, 0.2) is 132 Å². The molecule has 69 heavy (non-hydrogen) atoms. The van der Waals surface area contributed by atoms with Gasteiger partial charge in [-0.15, -0.1) is 0 Å². The van der Waals surface area contributed by atoms with Crippen LogP contribution in [0.4, 0.5) is 10.5 Å². The molecule has 1 saturated heterocycles. The Kier molecular flexibility index (Phi) is 17.7. The van der Waals surface area contributed by atoms with Gasteiger partial charge in [-0.1, -0.05) is 98.0 Å². The number of anilines is 1. The van der Waals surface area contributed by atoms with Crippen molar-refractivity contribution in [2.45, 2.75) is 103 Å². The van der Waals surface area contributed by atoms with E-state index < -0.39 is 5.60 Å². The van der Waals surface area contributed by atoms with Crippen LogP contribution in [0.2, 0.25) is 0 Å². The second-order valence-electron chi connectivity index (χ2n) is 18.6. The molecule has 1 aliphatic carbocycles. The monoisotopic (exact) mass is 932 g/mol. The van der Waals surface area contributed by atoms with Crippen LogP contribution in [0, 0.1) is 0 Å². The second kappa shape index (κ2) is 24.2. The Hall–Kier alpha value is -6.40. The normalized spacial score (nSPS) is 17.5. The summed E-state index contributed by atoms with van der Waals surface area (Å²) in [5.41, 5.74) is 4.38. The number of fused-ring (bicyclic) bond motifs is 5. The summed E-state index contributed by atoms with van der Waals surface area (Å²) in [6, 6.07) is 17.7. The van der Waals surface area contributed by atoms with Crippen LogP contribution in [-0.2, 0) is 41.2 Å². The average molecular weight is 932 g/mol. The molecule has 0 bridgehead atoms. The highest BCUT2D eigenvalue weighted by Crippen LogP contribution is 2.41. The van der Waals surface area contributed by atoms with E-state index in [0.717, 1.165) is 83.8 Å². The van der Waals surface area contributed by atoms with Crippen LogP contribution in [0.25, 0.3) is 22.0 Å². The molecule has 3 heterocycles. The van der Waals surface area contributed by atoms with E-state index in [2.05, 4.69) is 102 Å². The van der Waals surface area contributed by atoms with Gasteiger partial charge in [0.25, 0.3) is 5.56 Å². The van der Waals surface area contributed by atoms with E-state index in [1.54, 1.807) is 9.47 Å². The van der Waals surface area contributed by atoms with Gasteiger partial charge in [0.2, 0.25) is 5.91 Å². The number of amides is 2. The molecule has 0 unspecified atom stereocenters. The fourth-order valence-electron chi connectivity index (χ4n) is 9.23. The molecular formula is C58H69N5O6. The molecule has 11 heteroatoms. The summed E-state index contributed by atoms with van der Waals surface area (Å²) < 4.78 is 7.90. The molecule has 2 N–H and O–H groups in total. The first-order valence-electron chi connectivity index (χ1n) is 24.7. The number of carbonyl (C=O) groups excluding carboxylic acids is 3. The van der Waals surface area contributed by atoms with Crippen LogP contribution in [0.1, 0.15) is 99.5 Å². The van der Waals surface area contributed by atoms with Gasteiger partial charge in [0, 0.05) is 80.1 Å². The van der Waals surface area contributed by atoms with Gasteiger partial charge in [0.15, 0.2) is 5.78 Å². The zero-order chi connectivity index (χ0) is 48.8. The van der Waals surface area contributed by atoms with E-state index >= 15 is 0 Å². The Bertz CT molecular complexity index is 2710. The van der Waals surface area contributed by atoms with Crippen LogP contribution in [-0.4, -0.2) is 82.4 Å². The molecule has 1 aromatic heterocycles. The molecule has 2 aliphatic heterocycles. The van der Waals surface area contributed by atoms with Crippen molar-refractivity contribution in [3.05, 3.63) is 166 Å². The first kappa shape index (κ1) is 50.5. The number of Topliss-reactive ketones (excluding diaryl/α,β-unsaturated/α-hetero) is 1. The summed E-state index contributed by atoms with van der Waals surface area (Å²) >= 11 is 0. The summed E-state index contributed by atoms with van der Waals surface area (Å²) in [5, 5.41) is 16.0.